The summed E-state index contributed by atoms with van der Waals surface area (Å²) in [5.74, 6) is -0.224. The molecule has 9 heteroatoms. The summed E-state index contributed by atoms with van der Waals surface area (Å²) >= 11 is 6.52. The summed E-state index contributed by atoms with van der Waals surface area (Å²) in [7, 11) is -3.57. The Morgan fingerprint density at radius 3 is 2.16 bits per heavy atom. The molecule has 0 spiro atoms. The highest BCUT2D eigenvalue weighted by Gasteiger charge is 2.32. The van der Waals surface area contributed by atoms with Gasteiger partial charge in [-0.1, -0.05) is 60.1 Å². The molecule has 7 nitrogen and oxygen atoms in total. The molecule has 162 valence electrons. The standard InChI is InChI=1S/C22H23ClN4O3S/c1-17-20(21(23)27(24-17)16-18-8-4-2-5-9-18)22(28)25-12-14-26(15-13-25)31(29,30)19-10-6-3-7-11-19/h2-11H,12-16H2,1H3. The van der Waals surface area contributed by atoms with Crippen LogP contribution in [0.4, 0.5) is 0 Å². The van der Waals surface area contributed by atoms with Crippen molar-refractivity contribution in [3.63, 3.8) is 0 Å². The first-order valence-corrected chi connectivity index (χ1v) is 11.8. The fourth-order valence-electron chi connectivity index (χ4n) is 3.69. The van der Waals surface area contributed by atoms with Crippen molar-refractivity contribution in [3.8, 4) is 0 Å². The molecule has 2 heterocycles. The smallest absolute Gasteiger partial charge is 0.258 e. The third-order valence-electron chi connectivity index (χ3n) is 5.36. The Balaban J connectivity index is 1.47. The molecule has 0 radical (unpaired) electrons. The van der Waals surface area contributed by atoms with E-state index in [0.29, 0.717) is 36.0 Å². The molecule has 1 aliphatic rings. The van der Waals surface area contributed by atoms with Crippen molar-refractivity contribution in [2.45, 2.75) is 18.4 Å². The number of amides is 1. The first-order valence-electron chi connectivity index (χ1n) is 9.99. The lowest BCUT2D eigenvalue weighted by atomic mass is 10.2. The monoisotopic (exact) mass is 458 g/mol. The van der Waals surface area contributed by atoms with Crippen molar-refractivity contribution in [1.82, 2.24) is 19.0 Å². The molecule has 0 N–H and O–H groups in total. The number of halogens is 1. The quantitative estimate of drug-likeness (QED) is 0.589. The number of carbonyl (C=O) groups excluding carboxylic acids is 1. The van der Waals surface area contributed by atoms with Crippen LogP contribution in [-0.4, -0.2) is 59.5 Å². The molecule has 3 aromatic rings. The van der Waals surface area contributed by atoms with Gasteiger partial charge in [-0.15, -0.1) is 0 Å². The fourth-order valence-corrected chi connectivity index (χ4v) is 5.45. The average molecular weight is 459 g/mol. The Labute approximate surface area is 186 Å². The number of aryl methyl sites for hydroxylation is 1. The van der Waals surface area contributed by atoms with Crippen LogP contribution in [-0.2, 0) is 16.6 Å². The summed E-state index contributed by atoms with van der Waals surface area (Å²) in [6.45, 7) is 3.29. The largest absolute Gasteiger partial charge is 0.336 e. The number of piperazine rings is 1. The van der Waals surface area contributed by atoms with E-state index in [1.165, 1.54) is 4.31 Å². The van der Waals surface area contributed by atoms with E-state index in [1.807, 2.05) is 30.3 Å². The molecular weight excluding hydrogens is 436 g/mol. The van der Waals surface area contributed by atoms with E-state index in [-0.39, 0.29) is 23.9 Å². The van der Waals surface area contributed by atoms with Gasteiger partial charge in [-0.05, 0) is 24.6 Å². The second-order valence-corrected chi connectivity index (χ2v) is 9.70. The number of carbonyl (C=O) groups is 1. The summed E-state index contributed by atoms with van der Waals surface area (Å²) in [5.41, 5.74) is 1.97. The molecule has 0 atom stereocenters. The number of hydrogen-bond donors (Lipinski definition) is 0. The zero-order valence-electron chi connectivity index (χ0n) is 17.1. The zero-order chi connectivity index (χ0) is 22.0. The Hall–Kier alpha value is -2.68. The summed E-state index contributed by atoms with van der Waals surface area (Å²) < 4.78 is 28.7. The minimum absolute atomic E-state index is 0.224. The number of rotatable bonds is 5. The maximum absolute atomic E-state index is 13.2. The van der Waals surface area contributed by atoms with Crippen molar-refractivity contribution < 1.29 is 13.2 Å². The number of aromatic nitrogens is 2. The van der Waals surface area contributed by atoms with Gasteiger partial charge in [0.15, 0.2) is 0 Å². The van der Waals surface area contributed by atoms with Crippen LogP contribution < -0.4 is 0 Å². The molecule has 0 bridgehead atoms. The first-order chi connectivity index (χ1) is 14.9. The molecule has 4 rings (SSSR count). The van der Waals surface area contributed by atoms with Crippen LogP contribution in [0.5, 0.6) is 0 Å². The fraction of sp³-hybridized carbons (Fsp3) is 0.273. The van der Waals surface area contributed by atoms with E-state index >= 15 is 0 Å². The van der Waals surface area contributed by atoms with E-state index < -0.39 is 10.0 Å². The van der Waals surface area contributed by atoms with Gasteiger partial charge in [-0.3, -0.25) is 4.79 Å². The van der Waals surface area contributed by atoms with Crippen LogP contribution in [0.3, 0.4) is 0 Å². The summed E-state index contributed by atoms with van der Waals surface area (Å²) in [4.78, 5) is 15.1. The second kappa shape index (κ2) is 8.82. The lowest BCUT2D eigenvalue weighted by molar-refractivity contribution is 0.0697. The van der Waals surface area contributed by atoms with Crippen LogP contribution >= 0.6 is 11.6 Å². The van der Waals surface area contributed by atoms with Gasteiger partial charge in [0, 0.05) is 26.2 Å². The van der Waals surface area contributed by atoms with Crippen molar-refractivity contribution in [2.75, 3.05) is 26.2 Å². The van der Waals surface area contributed by atoms with Crippen LogP contribution in [0.1, 0.15) is 21.6 Å². The van der Waals surface area contributed by atoms with E-state index in [4.69, 9.17) is 11.6 Å². The summed E-state index contributed by atoms with van der Waals surface area (Å²) in [6.07, 6.45) is 0. The third kappa shape index (κ3) is 4.37. The number of hydrogen-bond acceptors (Lipinski definition) is 4. The Morgan fingerprint density at radius 1 is 0.968 bits per heavy atom. The zero-order valence-corrected chi connectivity index (χ0v) is 18.7. The molecule has 0 unspecified atom stereocenters. The van der Waals surface area contributed by atoms with Crippen molar-refractivity contribution in [1.29, 1.82) is 0 Å². The van der Waals surface area contributed by atoms with Crippen LogP contribution in [0, 0.1) is 6.92 Å². The molecule has 1 aromatic heterocycles. The summed E-state index contributed by atoms with van der Waals surface area (Å²) in [5, 5.41) is 4.74. The molecule has 0 saturated carbocycles. The molecule has 1 amide bonds. The van der Waals surface area contributed by atoms with Crippen molar-refractivity contribution in [3.05, 3.63) is 82.6 Å². The maximum atomic E-state index is 13.2. The molecule has 31 heavy (non-hydrogen) atoms. The van der Waals surface area contributed by atoms with Crippen LogP contribution in [0.2, 0.25) is 5.15 Å². The third-order valence-corrected chi connectivity index (χ3v) is 7.66. The van der Waals surface area contributed by atoms with Crippen LogP contribution in [0.25, 0.3) is 0 Å². The highest BCUT2D eigenvalue weighted by atomic mass is 35.5. The molecule has 1 fully saturated rings. The first kappa shape index (κ1) is 21.5. The minimum Gasteiger partial charge on any atom is -0.336 e. The van der Waals surface area contributed by atoms with Gasteiger partial charge in [-0.25, -0.2) is 13.1 Å². The average Bonchev–Trinajstić information content (AvgIpc) is 3.07. The highest BCUT2D eigenvalue weighted by Crippen LogP contribution is 2.24. The number of sulfonamides is 1. The van der Waals surface area contributed by atoms with Crippen molar-refractivity contribution >= 4 is 27.5 Å². The van der Waals surface area contributed by atoms with Gasteiger partial charge in [0.1, 0.15) is 5.15 Å². The molecular formula is C22H23ClN4O3S. The number of benzene rings is 2. The molecule has 1 saturated heterocycles. The Morgan fingerprint density at radius 2 is 1.55 bits per heavy atom. The SMILES string of the molecule is Cc1nn(Cc2ccccc2)c(Cl)c1C(=O)N1CCN(S(=O)(=O)c2ccccc2)CC1. The Kier molecular flexibility index (Phi) is 6.13. The van der Waals surface area contributed by atoms with Crippen molar-refractivity contribution in [2.24, 2.45) is 0 Å². The van der Waals surface area contributed by atoms with Gasteiger partial charge >= 0.3 is 0 Å². The number of nitrogens with zero attached hydrogens (tertiary/aromatic N) is 4. The Bertz CT molecular complexity index is 1170. The van der Waals surface area contributed by atoms with E-state index in [9.17, 15) is 13.2 Å². The second-order valence-electron chi connectivity index (χ2n) is 7.40. The topological polar surface area (TPSA) is 75.5 Å². The summed E-state index contributed by atoms with van der Waals surface area (Å²) in [6, 6.07) is 18.1. The van der Waals surface area contributed by atoms with Crippen LogP contribution in [0.15, 0.2) is 65.6 Å². The van der Waals surface area contributed by atoms with Gasteiger partial charge in [-0.2, -0.15) is 9.40 Å². The lowest BCUT2D eigenvalue weighted by Gasteiger charge is -2.34. The normalized spacial score (nSPS) is 15.2. The van der Waals surface area contributed by atoms with Gasteiger partial charge in [0.05, 0.1) is 22.7 Å². The minimum atomic E-state index is -3.57. The molecule has 0 aliphatic carbocycles. The lowest BCUT2D eigenvalue weighted by Crippen LogP contribution is -2.50. The maximum Gasteiger partial charge on any atom is 0.258 e. The predicted octanol–water partition coefficient (Wildman–Crippen LogP) is 3.04. The van der Waals surface area contributed by atoms with Gasteiger partial charge in [0.2, 0.25) is 10.0 Å². The van der Waals surface area contributed by atoms with E-state index in [1.54, 1.807) is 46.8 Å². The van der Waals surface area contributed by atoms with Gasteiger partial charge in [0.25, 0.3) is 5.91 Å². The predicted molar refractivity (Wildman–Crippen MR) is 119 cm³/mol. The van der Waals surface area contributed by atoms with Gasteiger partial charge < -0.3 is 4.90 Å². The van der Waals surface area contributed by atoms with E-state index in [2.05, 4.69) is 5.10 Å². The molecule has 1 aliphatic heterocycles. The molecule has 2 aromatic carbocycles. The highest BCUT2D eigenvalue weighted by molar-refractivity contribution is 7.89. The van der Waals surface area contributed by atoms with E-state index in [0.717, 1.165) is 5.56 Å².